The summed E-state index contributed by atoms with van der Waals surface area (Å²) < 4.78 is 8.91. The summed E-state index contributed by atoms with van der Waals surface area (Å²) in [6, 6.07) is 21.8. The first kappa shape index (κ1) is 26.7. The Morgan fingerprint density at radius 2 is 1.76 bits per heavy atom. The lowest BCUT2D eigenvalue weighted by Crippen LogP contribution is -2.32. The van der Waals surface area contributed by atoms with Crippen molar-refractivity contribution in [2.75, 3.05) is 5.73 Å². The Morgan fingerprint density at radius 1 is 0.952 bits per heavy atom. The lowest BCUT2D eigenvalue weighted by molar-refractivity contribution is 0.0941. The fourth-order valence-electron chi connectivity index (χ4n) is 5.13. The molecule has 4 heterocycles. The molecular weight excluding hydrogens is 530 g/mol. The number of para-hydroxylation sites is 1. The summed E-state index contributed by atoms with van der Waals surface area (Å²) >= 11 is 0. The fraction of sp³-hybridized carbons (Fsp3) is 0.156. The third-order valence-electron chi connectivity index (χ3n) is 6.93. The molecule has 210 valence electrons. The second kappa shape index (κ2) is 10.8. The van der Waals surface area contributed by atoms with E-state index in [-0.39, 0.29) is 23.0 Å². The van der Waals surface area contributed by atoms with Crippen LogP contribution in [0.15, 0.2) is 96.2 Å². The molecule has 0 aliphatic heterocycles. The molecule has 0 bridgehead atoms. The summed E-state index contributed by atoms with van der Waals surface area (Å²) in [6.45, 7) is 5.70. The van der Waals surface area contributed by atoms with Crippen molar-refractivity contribution >= 4 is 28.1 Å². The molecule has 1 atom stereocenters. The van der Waals surface area contributed by atoms with E-state index < -0.39 is 11.9 Å². The Labute approximate surface area is 241 Å². The average Bonchev–Trinajstić information content (AvgIpc) is 3.32. The van der Waals surface area contributed by atoms with Gasteiger partial charge in [-0.3, -0.25) is 14.2 Å². The van der Waals surface area contributed by atoms with Crippen LogP contribution in [0.3, 0.4) is 0 Å². The van der Waals surface area contributed by atoms with Crippen molar-refractivity contribution in [2.45, 2.75) is 32.9 Å². The van der Waals surface area contributed by atoms with Crippen LogP contribution in [0.2, 0.25) is 0 Å². The van der Waals surface area contributed by atoms with E-state index in [4.69, 9.17) is 10.5 Å². The van der Waals surface area contributed by atoms with Crippen LogP contribution in [0.1, 0.15) is 42.9 Å². The van der Waals surface area contributed by atoms with Crippen molar-refractivity contribution in [1.29, 1.82) is 0 Å². The van der Waals surface area contributed by atoms with Crippen molar-refractivity contribution in [3.8, 4) is 22.7 Å². The molecule has 0 spiro atoms. The maximum atomic E-state index is 14.4. The van der Waals surface area contributed by atoms with E-state index in [9.17, 15) is 9.59 Å². The summed E-state index contributed by atoms with van der Waals surface area (Å²) in [7, 11) is 0. The summed E-state index contributed by atoms with van der Waals surface area (Å²) in [6.07, 6.45) is 4.88. The van der Waals surface area contributed by atoms with Crippen molar-refractivity contribution in [2.24, 2.45) is 0 Å². The molecule has 4 aromatic heterocycles. The monoisotopic (exact) mass is 559 g/mol. The van der Waals surface area contributed by atoms with E-state index in [1.54, 1.807) is 29.2 Å². The highest BCUT2D eigenvalue weighted by molar-refractivity contribution is 6.04. The number of aromatic nitrogens is 5. The number of hydrogen-bond acceptors (Lipinski definition) is 7. The number of carbonyl (C=O) groups excluding carboxylic acids is 1. The number of amides is 1. The highest BCUT2D eigenvalue weighted by atomic mass is 16.5. The minimum atomic E-state index is -0.580. The zero-order valence-electron chi connectivity index (χ0n) is 23.4. The van der Waals surface area contributed by atoms with Gasteiger partial charge in [0.1, 0.15) is 5.56 Å². The topological polar surface area (TPSA) is 129 Å². The number of carbonyl (C=O) groups is 1. The van der Waals surface area contributed by atoms with E-state index in [1.165, 1.54) is 4.52 Å². The summed E-state index contributed by atoms with van der Waals surface area (Å²) in [4.78, 5) is 36.5. The van der Waals surface area contributed by atoms with Gasteiger partial charge in [0.2, 0.25) is 5.88 Å². The molecule has 0 fully saturated rings. The van der Waals surface area contributed by atoms with E-state index in [2.05, 4.69) is 20.4 Å². The van der Waals surface area contributed by atoms with Crippen LogP contribution < -0.4 is 21.3 Å². The average molecular weight is 560 g/mol. The van der Waals surface area contributed by atoms with Crippen LogP contribution in [-0.2, 0) is 0 Å². The first-order valence-corrected chi connectivity index (χ1v) is 13.6. The van der Waals surface area contributed by atoms with E-state index in [1.807, 2.05) is 87.5 Å². The molecule has 2 aromatic carbocycles. The molecule has 42 heavy (non-hydrogen) atoms. The first-order valence-electron chi connectivity index (χ1n) is 13.6. The van der Waals surface area contributed by atoms with Gasteiger partial charge in [0.25, 0.3) is 11.5 Å². The van der Waals surface area contributed by atoms with Crippen molar-refractivity contribution in [3.63, 3.8) is 0 Å². The molecule has 0 unspecified atom stereocenters. The molecular formula is C32H29N7O3. The second-order valence-electron chi connectivity index (χ2n) is 10.2. The van der Waals surface area contributed by atoms with Crippen molar-refractivity contribution in [3.05, 3.63) is 113 Å². The van der Waals surface area contributed by atoms with Gasteiger partial charge in [-0.25, -0.2) is 14.5 Å². The quantitative estimate of drug-likeness (QED) is 0.283. The number of benzene rings is 2. The number of rotatable bonds is 7. The number of nitrogens with one attached hydrogen (secondary N) is 1. The lowest BCUT2D eigenvalue weighted by Gasteiger charge is -2.21. The number of anilines is 1. The van der Waals surface area contributed by atoms with E-state index in [0.29, 0.717) is 28.3 Å². The number of hydrogen-bond donors (Lipinski definition) is 2. The van der Waals surface area contributed by atoms with Crippen LogP contribution in [0, 0.1) is 0 Å². The molecule has 3 N–H and O–H groups in total. The van der Waals surface area contributed by atoms with E-state index in [0.717, 1.165) is 16.5 Å². The second-order valence-corrected chi connectivity index (χ2v) is 10.2. The molecule has 0 saturated heterocycles. The number of ether oxygens (including phenoxy) is 1. The predicted octanol–water partition coefficient (Wildman–Crippen LogP) is 4.96. The minimum Gasteiger partial charge on any atom is -0.475 e. The summed E-state index contributed by atoms with van der Waals surface area (Å²) in [5, 5.41) is 8.49. The molecule has 1 amide bonds. The van der Waals surface area contributed by atoms with Gasteiger partial charge in [0, 0.05) is 36.0 Å². The molecule has 0 saturated carbocycles. The van der Waals surface area contributed by atoms with Gasteiger partial charge in [-0.1, -0.05) is 36.4 Å². The largest absolute Gasteiger partial charge is 0.475 e. The molecule has 0 radical (unpaired) electrons. The Kier molecular flexibility index (Phi) is 6.87. The zero-order chi connectivity index (χ0) is 29.4. The van der Waals surface area contributed by atoms with E-state index >= 15 is 0 Å². The van der Waals surface area contributed by atoms with Gasteiger partial charge < -0.3 is 15.8 Å². The van der Waals surface area contributed by atoms with Crippen molar-refractivity contribution < 1.29 is 9.53 Å². The Morgan fingerprint density at radius 3 is 2.55 bits per heavy atom. The normalized spacial score (nSPS) is 12.1. The molecule has 10 nitrogen and oxygen atoms in total. The minimum absolute atomic E-state index is 0.0401. The van der Waals surface area contributed by atoms with Crippen LogP contribution in [-0.4, -0.2) is 36.2 Å². The van der Waals surface area contributed by atoms with Gasteiger partial charge in [0.15, 0.2) is 11.5 Å². The van der Waals surface area contributed by atoms with Gasteiger partial charge in [0.05, 0.1) is 17.5 Å². The van der Waals surface area contributed by atoms with Gasteiger partial charge in [-0.15, -0.1) is 5.10 Å². The molecule has 6 aromatic rings. The van der Waals surface area contributed by atoms with Crippen molar-refractivity contribution in [1.82, 2.24) is 29.5 Å². The van der Waals surface area contributed by atoms with Crippen LogP contribution in [0.25, 0.3) is 33.2 Å². The number of nitrogens with zero attached hydrogens (tertiary/aromatic N) is 5. The van der Waals surface area contributed by atoms with Gasteiger partial charge in [-0.2, -0.15) is 0 Å². The number of nitrogen functional groups attached to an aromatic ring is 1. The Hall–Kier alpha value is -5.51. The third-order valence-corrected chi connectivity index (χ3v) is 6.93. The first-order chi connectivity index (χ1) is 20.3. The lowest BCUT2D eigenvalue weighted by atomic mass is 9.98. The smallest absolute Gasteiger partial charge is 0.263 e. The standard InChI is InChI=1S/C32H29N7O3/c1-19(2)42-26-18-21(13-15-34-26)24-12-7-9-22-17-25(39(32(41)27(22)24)23-10-5-4-6-11-23)20(3)36-31(40)28-29(33)37-38-16-8-14-35-30(28)38/h4-20H,1-3H3,(H2,33,37)(H,36,40)/t20-/m0/s1. The third kappa shape index (κ3) is 4.83. The fourth-order valence-corrected chi connectivity index (χ4v) is 5.13. The van der Waals surface area contributed by atoms with Gasteiger partial charge >= 0.3 is 0 Å². The SMILES string of the molecule is CC(C)Oc1cc(-c2cccc3cc([C@H](C)NC(=O)c4c(N)nn5cccnc45)n(-c4ccccc4)c(=O)c23)ccn1. The molecule has 0 aliphatic carbocycles. The highest BCUT2D eigenvalue weighted by Crippen LogP contribution is 2.31. The molecule has 0 aliphatic rings. The maximum Gasteiger partial charge on any atom is 0.263 e. The van der Waals surface area contributed by atoms with Crippen LogP contribution in [0.4, 0.5) is 5.82 Å². The Balaban J connectivity index is 1.49. The van der Waals surface area contributed by atoms with Gasteiger partial charge in [-0.05, 0) is 67.6 Å². The highest BCUT2D eigenvalue weighted by Gasteiger charge is 2.24. The predicted molar refractivity (Wildman–Crippen MR) is 162 cm³/mol. The summed E-state index contributed by atoms with van der Waals surface area (Å²) in [5.74, 6) is 0.113. The van der Waals surface area contributed by atoms with Crippen LogP contribution in [0.5, 0.6) is 5.88 Å². The number of fused-ring (bicyclic) bond motifs is 2. The number of pyridine rings is 2. The number of nitrogens with two attached hydrogens (primary N) is 1. The zero-order valence-corrected chi connectivity index (χ0v) is 23.4. The summed E-state index contributed by atoms with van der Waals surface area (Å²) in [5.41, 5.74) is 9.25. The molecule has 6 rings (SSSR count). The van der Waals surface area contributed by atoms with Crippen LogP contribution >= 0.6 is 0 Å². The maximum absolute atomic E-state index is 14.4. The Bertz CT molecular complexity index is 2000. The molecule has 10 heteroatoms.